The van der Waals surface area contributed by atoms with Gasteiger partial charge in [-0.05, 0) is 37.5 Å². The molecule has 42 heavy (non-hydrogen) atoms. The molecule has 0 aliphatic carbocycles. The average molecular weight is 593 g/mol. The fourth-order valence-electron chi connectivity index (χ4n) is 5.16. The molecule has 0 aliphatic rings. The number of carbonyl (C=O) groups is 4. The predicted octanol–water partition coefficient (Wildman–Crippen LogP) is 6.05. The van der Waals surface area contributed by atoms with Gasteiger partial charge in [0.05, 0.1) is 0 Å². The number of carbonyl (C=O) groups excluding carboxylic acids is 4. The van der Waals surface area contributed by atoms with E-state index in [0.717, 1.165) is 24.2 Å². The fraction of sp³-hybridized carbons (Fsp3) is 0.824. The molecule has 0 aromatic heterocycles. The summed E-state index contributed by atoms with van der Waals surface area (Å²) >= 11 is 0. The second-order valence-corrected chi connectivity index (χ2v) is 12.9. The quantitative estimate of drug-likeness (QED) is 0.146. The number of nitrogens with zero attached hydrogens (tertiary/aromatic N) is 3. The van der Waals surface area contributed by atoms with Crippen LogP contribution >= 0.6 is 0 Å². The SMILES string of the molecule is CC(=O)NCCN(CCN(CCN(CC=C(C)CCC[C@H](C)CCC[C@H](C)CCCC(C)C)C(C)=O)C(C)=O)C(C)=O. The molecule has 0 aliphatic heterocycles. The summed E-state index contributed by atoms with van der Waals surface area (Å²) in [6.07, 6.45) is 13.6. The molecule has 0 rings (SSSR count). The molecule has 0 bridgehead atoms. The van der Waals surface area contributed by atoms with Gasteiger partial charge in [-0.25, -0.2) is 0 Å². The largest absolute Gasteiger partial charge is 0.355 e. The third-order valence-corrected chi connectivity index (χ3v) is 8.17. The summed E-state index contributed by atoms with van der Waals surface area (Å²) in [7, 11) is 0. The van der Waals surface area contributed by atoms with E-state index in [0.29, 0.717) is 45.8 Å². The zero-order valence-corrected chi connectivity index (χ0v) is 28.6. The van der Waals surface area contributed by atoms with Crippen molar-refractivity contribution < 1.29 is 19.2 Å². The maximum atomic E-state index is 12.3. The average Bonchev–Trinajstić information content (AvgIpc) is 2.88. The van der Waals surface area contributed by atoms with Gasteiger partial charge >= 0.3 is 0 Å². The first-order valence-corrected chi connectivity index (χ1v) is 16.4. The van der Waals surface area contributed by atoms with E-state index in [1.54, 1.807) is 21.6 Å². The van der Waals surface area contributed by atoms with Gasteiger partial charge < -0.3 is 20.0 Å². The molecule has 0 aromatic rings. The van der Waals surface area contributed by atoms with Crippen LogP contribution in [0.3, 0.4) is 0 Å². The van der Waals surface area contributed by atoms with Crippen molar-refractivity contribution in [1.82, 2.24) is 20.0 Å². The molecule has 0 saturated carbocycles. The first kappa shape index (κ1) is 39.6. The van der Waals surface area contributed by atoms with E-state index in [1.165, 1.54) is 77.7 Å². The Bertz CT molecular complexity index is 826. The second-order valence-electron chi connectivity index (χ2n) is 12.9. The van der Waals surface area contributed by atoms with Gasteiger partial charge in [0.2, 0.25) is 23.6 Å². The van der Waals surface area contributed by atoms with Gasteiger partial charge in [-0.2, -0.15) is 0 Å². The van der Waals surface area contributed by atoms with Gasteiger partial charge in [-0.1, -0.05) is 84.3 Å². The lowest BCUT2D eigenvalue weighted by atomic mass is 9.91. The van der Waals surface area contributed by atoms with E-state index in [-0.39, 0.29) is 23.6 Å². The zero-order chi connectivity index (χ0) is 32.1. The topological polar surface area (TPSA) is 90.0 Å². The summed E-state index contributed by atoms with van der Waals surface area (Å²) in [4.78, 5) is 52.7. The van der Waals surface area contributed by atoms with Crippen molar-refractivity contribution in [3.05, 3.63) is 11.6 Å². The van der Waals surface area contributed by atoms with Crippen LogP contribution in [0.2, 0.25) is 0 Å². The predicted molar refractivity (Wildman–Crippen MR) is 174 cm³/mol. The van der Waals surface area contributed by atoms with Gasteiger partial charge in [-0.3, -0.25) is 19.2 Å². The maximum Gasteiger partial charge on any atom is 0.219 e. The number of rotatable bonds is 23. The van der Waals surface area contributed by atoms with Crippen molar-refractivity contribution in [3.63, 3.8) is 0 Å². The number of hydrogen-bond acceptors (Lipinski definition) is 4. The van der Waals surface area contributed by atoms with Crippen LogP contribution in [0.5, 0.6) is 0 Å². The van der Waals surface area contributed by atoms with Gasteiger partial charge in [0.15, 0.2) is 0 Å². The molecular formula is C34H64N4O4. The Kier molecular flexibility index (Phi) is 21.8. The summed E-state index contributed by atoms with van der Waals surface area (Å²) in [5.74, 6) is 2.04. The first-order chi connectivity index (χ1) is 19.7. The molecule has 0 unspecified atom stereocenters. The molecule has 0 spiro atoms. The molecule has 4 amide bonds. The Morgan fingerprint density at radius 1 is 0.595 bits per heavy atom. The third kappa shape index (κ3) is 21.3. The number of nitrogens with one attached hydrogen (secondary N) is 1. The molecule has 0 radical (unpaired) electrons. The molecule has 0 heterocycles. The summed E-state index contributed by atoms with van der Waals surface area (Å²) in [6, 6.07) is 0. The van der Waals surface area contributed by atoms with E-state index in [2.05, 4.69) is 46.0 Å². The van der Waals surface area contributed by atoms with Crippen LogP contribution in [0.15, 0.2) is 11.6 Å². The van der Waals surface area contributed by atoms with Crippen LogP contribution in [0, 0.1) is 17.8 Å². The smallest absolute Gasteiger partial charge is 0.219 e. The lowest BCUT2D eigenvalue weighted by molar-refractivity contribution is -0.134. The summed E-state index contributed by atoms with van der Waals surface area (Å²) in [6.45, 7) is 20.4. The van der Waals surface area contributed by atoms with Gasteiger partial charge in [0.1, 0.15) is 0 Å². The lowest BCUT2D eigenvalue weighted by Crippen LogP contribution is -2.45. The van der Waals surface area contributed by atoms with E-state index >= 15 is 0 Å². The molecule has 0 fully saturated rings. The minimum absolute atomic E-state index is 0.0183. The molecule has 0 aromatic carbocycles. The van der Waals surface area contributed by atoms with Crippen molar-refractivity contribution in [3.8, 4) is 0 Å². The molecule has 2 atom stereocenters. The molecule has 8 nitrogen and oxygen atoms in total. The second kappa shape index (κ2) is 23.1. The Hall–Kier alpha value is -2.38. The maximum absolute atomic E-state index is 12.3. The van der Waals surface area contributed by atoms with Crippen molar-refractivity contribution in [1.29, 1.82) is 0 Å². The van der Waals surface area contributed by atoms with Gasteiger partial charge in [0.25, 0.3) is 0 Å². The van der Waals surface area contributed by atoms with E-state index < -0.39 is 0 Å². The van der Waals surface area contributed by atoms with Crippen molar-refractivity contribution in [2.45, 2.75) is 120 Å². The van der Waals surface area contributed by atoms with E-state index in [4.69, 9.17) is 0 Å². The van der Waals surface area contributed by atoms with Crippen molar-refractivity contribution in [2.75, 3.05) is 45.8 Å². The van der Waals surface area contributed by atoms with Gasteiger partial charge in [0, 0.05) is 73.5 Å². The lowest BCUT2D eigenvalue weighted by Gasteiger charge is -2.29. The van der Waals surface area contributed by atoms with E-state index in [9.17, 15) is 19.2 Å². The molecule has 244 valence electrons. The van der Waals surface area contributed by atoms with Crippen molar-refractivity contribution >= 4 is 23.6 Å². The Labute approximate surface area is 258 Å². The van der Waals surface area contributed by atoms with Crippen LogP contribution in [-0.2, 0) is 19.2 Å². The normalized spacial score (nSPS) is 13.0. The highest BCUT2D eigenvalue weighted by Crippen LogP contribution is 2.22. The highest BCUT2D eigenvalue weighted by atomic mass is 16.2. The molecule has 1 N–H and O–H groups in total. The summed E-state index contributed by atoms with van der Waals surface area (Å²) in [5.41, 5.74) is 1.30. The number of allylic oxidation sites excluding steroid dienone is 1. The van der Waals surface area contributed by atoms with Crippen LogP contribution < -0.4 is 5.32 Å². The van der Waals surface area contributed by atoms with E-state index in [1.807, 2.05) is 0 Å². The van der Waals surface area contributed by atoms with Gasteiger partial charge in [-0.15, -0.1) is 0 Å². The minimum atomic E-state index is -0.143. The Morgan fingerprint density at radius 3 is 1.48 bits per heavy atom. The van der Waals surface area contributed by atoms with Crippen LogP contribution in [0.25, 0.3) is 0 Å². The van der Waals surface area contributed by atoms with Crippen LogP contribution in [-0.4, -0.2) is 84.1 Å². The minimum Gasteiger partial charge on any atom is -0.355 e. The Morgan fingerprint density at radius 2 is 1.02 bits per heavy atom. The van der Waals surface area contributed by atoms with Crippen LogP contribution in [0.1, 0.15) is 120 Å². The third-order valence-electron chi connectivity index (χ3n) is 8.17. The monoisotopic (exact) mass is 592 g/mol. The standard InChI is InChI=1S/C34H64N4O4/c1-27(2)13-10-14-28(3)15-11-16-29(4)17-12-18-30(5)19-21-36(32(7)40)23-25-38(34(9)42)26-24-37(33(8)41)22-20-35-31(6)39/h19,27-29H,10-18,20-26H2,1-9H3,(H,35,39)/t28-,29-/m1/s1. The van der Waals surface area contributed by atoms with Crippen LogP contribution in [0.4, 0.5) is 0 Å². The number of hydrogen-bond donors (Lipinski definition) is 1. The van der Waals surface area contributed by atoms with Crippen molar-refractivity contribution in [2.24, 2.45) is 17.8 Å². The number of amides is 4. The fourth-order valence-corrected chi connectivity index (χ4v) is 5.16. The first-order valence-electron chi connectivity index (χ1n) is 16.4. The molecule has 0 saturated heterocycles. The Balaban J connectivity index is 4.54. The summed E-state index contributed by atoms with van der Waals surface area (Å²) in [5, 5.41) is 2.69. The highest BCUT2D eigenvalue weighted by molar-refractivity contribution is 5.75. The molecular weight excluding hydrogens is 528 g/mol. The zero-order valence-electron chi connectivity index (χ0n) is 28.6. The summed E-state index contributed by atoms with van der Waals surface area (Å²) < 4.78 is 0. The highest BCUT2D eigenvalue weighted by Gasteiger charge is 2.16. The molecule has 8 heteroatoms.